The summed E-state index contributed by atoms with van der Waals surface area (Å²) in [6.45, 7) is 5.59. The summed E-state index contributed by atoms with van der Waals surface area (Å²) in [4.78, 5) is 61.9. The van der Waals surface area contributed by atoms with E-state index in [9.17, 15) is 29.3 Å². The Kier molecular flexibility index (Phi) is 4.88. The van der Waals surface area contributed by atoms with E-state index in [1.807, 2.05) is 0 Å². The van der Waals surface area contributed by atoms with Gasteiger partial charge < -0.3 is 14.2 Å². The predicted molar refractivity (Wildman–Crippen MR) is 106 cm³/mol. The van der Waals surface area contributed by atoms with Crippen molar-refractivity contribution in [3.05, 3.63) is 45.5 Å². The summed E-state index contributed by atoms with van der Waals surface area (Å²) in [7, 11) is 0. The second-order valence-electron chi connectivity index (χ2n) is 8.04. The Balaban J connectivity index is 1.81. The Morgan fingerprint density at radius 1 is 1.12 bits per heavy atom. The van der Waals surface area contributed by atoms with Gasteiger partial charge in [-0.1, -0.05) is 6.08 Å². The Morgan fingerprint density at radius 2 is 1.72 bits per heavy atom. The molecule has 3 heterocycles. The minimum absolute atomic E-state index is 0.145. The summed E-state index contributed by atoms with van der Waals surface area (Å²) in [6.07, 6.45) is 0.518. The topological polar surface area (TPSA) is 142 Å². The molecule has 2 saturated heterocycles. The van der Waals surface area contributed by atoms with E-state index in [1.165, 1.54) is 24.3 Å². The molecule has 0 spiro atoms. The summed E-state index contributed by atoms with van der Waals surface area (Å²) in [5.74, 6) is -5.22. The molecule has 11 nitrogen and oxygen atoms in total. The fourth-order valence-electron chi connectivity index (χ4n) is 4.57. The molecule has 4 atom stereocenters. The number of benzene rings is 1. The van der Waals surface area contributed by atoms with Crippen LogP contribution in [0.3, 0.4) is 0 Å². The van der Waals surface area contributed by atoms with Crippen LogP contribution in [0.2, 0.25) is 0 Å². The van der Waals surface area contributed by atoms with E-state index in [0.29, 0.717) is 11.1 Å². The third-order valence-corrected chi connectivity index (χ3v) is 6.02. The molecule has 4 rings (SSSR count). The molecule has 0 aliphatic carbocycles. The van der Waals surface area contributed by atoms with E-state index in [-0.39, 0.29) is 11.4 Å². The highest BCUT2D eigenvalue weighted by molar-refractivity contribution is 6.24. The van der Waals surface area contributed by atoms with E-state index < -0.39 is 58.5 Å². The summed E-state index contributed by atoms with van der Waals surface area (Å²) >= 11 is 0. The first kappa shape index (κ1) is 21.6. The summed E-state index contributed by atoms with van der Waals surface area (Å²) in [5, 5.41) is 11.7. The maximum Gasteiger partial charge on any atom is 0.305 e. The zero-order valence-corrected chi connectivity index (χ0v) is 17.7. The number of ether oxygens (including phenoxy) is 3. The number of nitro groups is 1. The van der Waals surface area contributed by atoms with Crippen LogP contribution in [0.5, 0.6) is 0 Å². The molecule has 1 aromatic rings. The molecule has 168 valence electrons. The first-order valence-corrected chi connectivity index (χ1v) is 9.83. The molecule has 0 saturated carbocycles. The number of hydrogen-bond donors (Lipinski definition) is 0. The smallest absolute Gasteiger partial charge is 0.305 e. The van der Waals surface area contributed by atoms with Gasteiger partial charge in [-0.05, 0) is 37.1 Å². The summed E-state index contributed by atoms with van der Waals surface area (Å²) in [6, 6.07) is 2.72. The maximum absolute atomic E-state index is 13.5. The normalized spacial score (nSPS) is 27.8. The van der Waals surface area contributed by atoms with Crippen molar-refractivity contribution < 1.29 is 38.3 Å². The first-order chi connectivity index (χ1) is 15.0. The van der Waals surface area contributed by atoms with E-state index in [2.05, 4.69) is 0 Å². The molecule has 2 bridgehead atoms. The van der Waals surface area contributed by atoms with Gasteiger partial charge in [0, 0.05) is 19.9 Å². The van der Waals surface area contributed by atoms with Crippen LogP contribution in [0.1, 0.15) is 25.0 Å². The average Bonchev–Trinajstić information content (AvgIpc) is 3.33. The molecule has 0 N–H and O–H groups in total. The average molecular weight is 444 g/mol. The molecular formula is C21H20N2O9. The van der Waals surface area contributed by atoms with Crippen molar-refractivity contribution in [3.8, 4) is 0 Å². The lowest BCUT2D eigenvalue weighted by atomic mass is 9.76. The quantitative estimate of drug-likeness (QED) is 0.165. The molecule has 0 radical (unpaired) electrons. The number of nitrogens with zero attached hydrogens (tertiary/aromatic N) is 2. The number of hydrogen-bond acceptors (Lipinski definition) is 9. The number of nitro benzene ring substituents is 1. The number of fused-ring (bicyclic) bond motifs is 5. The third kappa shape index (κ3) is 3.00. The van der Waals surface area contributed by atoms with Gasteiger partial charge in [-0.3, -0.25) is 29.3 Å². The Morgan fingerprint density at radius 3 is 2.28 bits per heavy atom. The molecule has 3 aliphatic rings. The monoisotopic (exact) mass is 444 g/mol. The van der Waals surface area contributed by atoms with Gasteiger partial charge in [-0.2, -0.15) is 0 Å². The van der Waals surface area contributed by atoms with Gasteiger partial charge in [0.25, 0.3) is 12.0 Å². The van der Waals surface area contributed by atoms with Crippen molar-refractivity contribution >= 4 is 35.1 Å². The molecular weight excluding hydrogens is 424 g/mol. The number of amides is 2. The maximum atomic E-state index is 13.5. The standard InChI is InChI=1S/C21H20N2O9/c1-9-7-13(14(23(28)29)8-10(9)2)22-18(26)16-15-5-6-21(32-15,17(16)19(22)27)20(30-11(3)24)31-12(4)25/h5-8,15-17,20H,1-4H3/t15-,16-,17+,21+/m1/s1. The van der Waals surface area contributed by atoms with Gasteiger partial charge in [0.1, 0.15) is 5.69 Å². The second kappa shape index (κ2) is 7.23. The lowest BCUT2D eigenvalue weighted by molar-refractivity contribution is -0.384. The highest BCUT2D eigenvalue weighted by atomic mass is 16.7. The van der Waals surface area contributed by atoms with Crippen LogP contribution in [-0.2, 0) is 33.4 Å². The number of carbonyl (C=O) groups excluding carboxylic acids is 4. The lowest BCUT2D eigenvalue weighted by Crippen LogP contribution is -2.52. The van der Waals surface area contributed by atoms with Gasteiger partial charge >= 0.3 is 11.9 Å². The molecule has 1 aromatic carbocycles. The van der Waals surface area contributed by atoms with Crippen molar-refractivity contribution in [1.82, 2.24) is 0 Å². The predicted octanol–water partition coefficient (Wildman–Crippen LogP) is 1.48. The number of aryl methyl sites for hydroxylation is 2. The van der Waals surface area contributed by atoms with Crippen molar-refractivity contribution in [2.24, 2.45) is 11.8 Å². The molecule has 11 heteroatoms. The molecule has 2 amide bonds. The van der Waals surface area contributed by atoms with Crippen LogP contribution in [0, 0.1) is 35.8 Å². The van der Waals surface area contributed by atoms with Gasteiger partial charge in [-0.25, -0.2) is 4.90 Å². The van der Waals surface area contributed by atoms with Crippen molar-refractivity contribution in [1.29, 1.82) is 0 Å². The molecule has 0 unspecified atom stereocenters. The van der Waals surface area contributed by atoms with Gasteiger partial charge in [0.15, 0.2) is 5.60 Å². The van der Waals surface area contributed by atoms with Gasteiger partial charge in [0.2, 0.25) is 11.8 Å². The number of carbonyl (C=O) groups is 4. The van der Waals surface area contributed by atoms with Crippen LogP contribution < -0.4 is 4.90 Å². The highest BCUT2D eigenvalue weighted by Gasteiger charge is 2.72. The van der Waals surface area contributed by atoms with Crippen molar-refractivity contribution in [2.45, 2.75) is 45.7 Å². The number of esters is 2. The SMILES string of the molecule is CC(=O)OC(OC(C)=O)[C@@]12C=C[C@@H](O1)[C@H]1C(=O)N(c3cc(C)c(C)cc3[N+](=O)[O-])C(=O)[C@H]12. The van der Waals surface area contributed by atoms with Crippen molar-refractivity contribution in [2.75, 3.05) is 4.90 Å². The molecule has 32 heavy (non-hydrogen) atoms. The minimum atomic E-state index is -1.72. The van der Waals surface area contributed by atoms with Crippen LogP contribution in [0.25, 0.3) is 0 Å². The largest absolute Gasteiger partial charge is 0.422 e. The van der Waals surface area contributed by atoms with Crippen molar-refractivity contribution in [3.63, 3.8) is 0 Å². The fraction of sp³-hybridized carbons (Fsp3) is 0.429. The second-order valence-corrected chi connectivity index (χ2v) is 8.04. The Hall–Kier alpha value is -3.60. The number of anilines is 1. The highest BCUT2D eigenvalue weighted by Crippen LogP contribution is 2.55. The summed E-state index contributed by atoms with van der Waals surface area (Å²) in [5.41, 5.74) is -0.961. The van der Waals surface area contributed by atoms with Crippen LogP contribution >= 0.6 is 0 Å². The number of rotatable bonds is 5. The van der Waals surface area contributed by atoms with E-state index in [4.69, 9.17) is 14.2 Å². The van der Waals surface area contributed by atoms with Crippen LogP contribution in [0.15, 0.2) is 24.3 Å². The summed E-state index contributed by atoms with van der Waals surface area (Å²) < 4.78 is 16.2. The molecule has 3 aliphatic heterocycles. The lowest BCUT2D eigenvalue weighted by Gasteiger charge is -2.34. The zero-order valence-electron chi connectivity index (χ0n) is 17.7. The van der Waals surface area contributed by atoms with Crippen LogP contribution in [0.4, 0.5) is 11.4 Å². The van der Waals surface area contributed by atoms with Crippen LogP contribution in [-0.4, -0.2) is 46.7 Å². The first-order valence-electron chi connectivity index (χ1n) is 9.83. The van der Waals surface area contributed by atoms with Gasteiger partial charge in [0.05, 0.1) is 22.9 Å². The van der Waals surface area contributed by atoms with Gasteiger partial charge in [-0.15, -0.1) is 0 Å². The van der Waals surface area contributed by atoms with E-state index in [0.717, 1.165) is 18.7 Å². The third-order valence-electron chi connectivity index (χ3n) is 6.02. The Labute approximate surface area is 182 Å². The zero-order chi connectivity index (χ0) is 23.5. The number of imide groups is 1. The minimum Gasteiger partial charge on any atom is -0.422 e. The van der Waals surface area contributed by atoms with E-state index >= 15 is 0 Å². The van der Waals surface area contributed by atoms with E-state index in [1.54, 1.807) is 13.8 Å². The fourth-order valence-corrected chi connectivity index (χ4v) is 4.57. The molecule has 2 fully saturated rings. The Bertz CT molecular complexity index is 1090. The molecule has 0 aromatic heterocycles.